The van der Waals surface area contributed by atoms with Crippen molar-refractivity contribution in [2.45, 2.75) is 13.3 Å². The van der Waals surface area contributed by atoms with E-state index in [1.165, 1.54) is 50.1 Å². The molecule has 0 atom stereocenters. The van der Waals surface area contributed by atoms with Gasteiger partial charge in [0.2, 0.25) is 0 Å². The molecule has 0 saturated carbocycles. The van der Waals surface area contributed by atoms with Crippen molar-refractivity contribution < 1.29 is 9.47 Å². The molecule has 0 N–H and O–H groups in total. The zero-order valence-electron chi connectivity index (χ0n) is 35.1. The monoisotopic (exact) mass is 802 g/mol. The number of aryl methyl sites for hydroxylation is 1. The summed E-state index contributed by atoms with van der Waals surface area (Å²) in [4.78, 5) is 4.69. The topological polar surface area (TPSA) is 24.9 Å². The molecule has 0 aromatic heterocycles. The van der Waals surface area contributed by atoms with E-state index >= 15 is 0 Å². The smallest absolute Gasteiger partial charge is 0.119 e. The average Bonchev–Trinajstić information content (AvgIpc) is 3.46. The third kappa shape index (κ3) is 7.48. The molecule has 0 unspecified atom stereocenters. The SMILES string of the molecule is COc1ccc(N(c2ccc(-c3ccccc3)cc2)c2ccc(-c3ccc(-c4ccc5cc4Cc4cc(OC)ccc4N5c4ccc(-c5ccccc5)cc4)cc3)cc2)c(C)c1. The number of anilines is 6. The zero-order valence-corrected chi connectivity index (χ0v) is 35.1. The van der Waals surface area contributed by atoms with Crippen molar-refractivity contribution in [1.29, 1.82) is 0 Å². The van der Waals surface area contributed by atoms with Crippen LogP contribution in [0.1, 0.15) is 16.7 Å². The molecule has 9 aromatic carbocycles. The van der Waals surface area contributed by atoms with Crippen LogP contribution in [0.4, 0.5) is 34.1 Å². The van der Waals surface area contributed by atoms with Crippen molar-refractivity contribution in [3.05, 3.63) is 229 Å². The van der Waals surface area contributed by atoms with Crippen LogP contribution in [0.3, 0.4) is 0 Å². The van der Waals surface area contributed by atoms with E-state index in [1.54, 1.807) is 14.2 Å². The highest BCUT2D eigenvalue weighted by Gasteiger charge is 2.23. The predicted molar refractivity (Wildman–Crippen MR) is 258 cm³/mol. The Labute approximate surface area is 364 Å². The van der Waals surface area contributed by atoms with E-state index in [9.17, 15) is 0 Å². The zero-order chi connectivity index (χ0) is 42.0. The third-order valence-corrected chi connectivity index (χ3v) is 12.0. The van der Waals surface area contributed by atoms with Gasteiger partial charge in [-0.1, -0.05) is 127 Å². The average molecular weight is 803 g/mol. The molecular weight excluding hydrogens is 757 g/mol. The lowest BCUT2D eigenvalue weighted by atomic mass is 9.93. The normalized spacial score (nSPS) is 11.7. The van der Waals surface area contributed by atoms with E-state index in [2.05, 4.69) is 223 Å². The Hall–Kier alpha value is -7.82. The highest BCUT2D eigenvalue weighted by atomic mass is 16.5. The maximum absolute atomic E-state index is 5.73. The number of hydrogen-bond donors (Lipinski definition) is 0. The molecule has 0 radical (unpaired) electrons. The number of hydrogen-bond acceptors (Lipinski definition) is 4. The first kappa shape index (κ1) is 38.4. The van der Waals surface area contributed by atoms with Crippen LogP contribution >= 0.6 is 0 Å². The summed E-state index contributed by atoms with van der Waals surface area (Å²) in [6.07, 6.45) is 0.788. The van der Waals surface area contributed by atoms with Crippen LogP contribution in [-0.2, 0) is 6.42 Å². The Morgan fingerprint density at radius 3 is 1.42 bits per heavy atom. The van der Waals surface area contributed by atoms with Crippen LogP contribution in [-0.4, -0.2) is 14.2 Å². The molecule has 62 heavy (non-hydrogen) atoms. The van der Waals surface area contributed by atoms with Crippen molar-refractivity contribution in [1.82, 2.24) is 0 Å². The minimum atomic E-state index is 0.788. The van der Waals surface area contributed by atoms with E-state index in [1.807, 2.05) is 6.07 Å². The van der Waals surface area contributed by atoms with Crippen molar-refractivity contribution >= 4 is 34.1 Å². The lowest BCUT2D eigenvalue weighted by Gasteiger charge is -2.27. The number of nitrogens with zero attached hydrogens (tertiary/aromatic N) is 2. The quantitative estimate of drug-likeness (QED) is 0.137. The molecule has 0 fully saturated rings. The van der Waals surface area contributed by atoms with Gasteiger partial charge in [0.1, 0.15) is 11.5 Å². The highest BCUT2D eigenvalue weighted by molar-refractivity contribution is 5.86. The summed E-state index contributed by atoms with van der Waals surface area (Å²) in [5.74, 6) is 1.70. The van der Waals surface area contributed by atoms with Gasteiger partial charge in [-0.15, -0.1) is 0 Å². The van der Waals surface area contributed by atoms with Gasteiger partial charge in [-0.3, -0.25) is 0 Å². The first-order chi connectivity index (χ1) is 30.5. The second kappa shape index (κ2) is 16.7. The van der Waals surface area contributed by atoms with Gasteiger partial charge in [0, 0.05) is 40.5 Å². The van der Waals surface area contributed by atoms with Crippen LogP contribution in [0.15, 0.2) is 212 Å². The molecule has 10 rings (SSSR count). The minimum absolute atomic E-state index is 0.788. The number of benzene rings is 9. The van der Waals surface area contributed by atoms with Gasteiger partial charge >= 0.3 is 0 Å². The summed E-state index contributed by atoms with van der Waals surface area (Å²) < 4.78 is 11.3. The highest BCUT2D eigenvalue weighted by Crippen LogP contribution is 2.45. The molecule has 0 amide bonds. The number of rotatable bonds is 10. The van der Waals surface area contributed by atoms with Gasteiger partial charge in [-0.2, -0.15) is 0 Å². The minimum Gasteiger partial charge on any atom is -0.497 e. The summed E-state index contributed by atoms with van der Waals surface area (Å²) in [6, 6.07) is 76.2. The molecule has 9 aromatic rings. The van der Waals surface area contributed by atoms with Crippen molar-refractivity contribution in [2.24, 2.45) is 0 Å². The molecule has 1 aliphatic rings. The Bertz CT molecular complexity index is 2980. The maximum Gasteiger partial charge on any atom is 0.119 e. The number of fused-ring (bicyclic) bond motifs is 3. The van der Waals surface area contributed by atoms with Crippen LogP contribution < -0.4 is 19.3 Å². The first-order valence-electron chi connectivity index (χ1n) is 21.1. The largest absolute Gasteiger partial charge is 0.497 e. The molecule has 4 heteroatoms. The second-order valence-corrected chi connectivity index (χ2v) is 15.8. The molecular formula is C58H46N2O2. The fraction of sp³-hybridized carbons (Fsp3) is 0.0690. The maximum atomic E-state index is 5.73. The molecule has 0 spiro atoms. The van der Waals surface area contributed by atoms with Crippen LogP contribution in [0.2, 0.25) is 0 Å². The van der Waals surface area contributed by atoms with Crippen LogP contribution in [0.5, 0.6) is 11.5 Å². The predicted octanol–water partition coefficient (Wildman–Crippen LogP) is 15.5. The molecule has 300 valence electrons. The second-order valence-electron chi connectivity index (χ2n) is 15.8. The Balaban J connectivity index is 0.948. The lowest BCUT2D eigenvalue weighted by Crippen LogP contribution is -2.11. The fourth-order valence-electron chi connectivity index (χ4n) is 8.77. The van der Waals surface area contributed by atoms with E-state index in [0.717, 1.165) is 63.2 Å². The van der Waals surface area contributed by atoms with Crippen LogP contribution in [0.25, 0.3) is 44.5 Å². The van der Waals surface area contributed by atoms with Gasteiger partial charge < -0.3 is 19.3 Å². The lowest BCUT2D eigenvalue weighted by molar-refractivity contribution is 0.414. The summed E-state index contributed by atoms with van der Waals surface area (Å²) >= 11 is 0. The van der Waals surface area contributed by atoms with Gasteiger partial charge in [-0.25, -0.2) is 0 Å². The Kier molecular flexibility index (Phi) is 10.3. The summed E-state index contributed by atoms with van der Waals surface area (Å²) in [6.45, 7) is 2.14. The number of methoxy groups -OCH3 is 2. The van der Waals surface area contributed by atoms with Crippen molar-refractivity contribution in [2.75, 3.05) is 24.0 Å². The Morgan fingerprint density at radius 1 is 0.403 bits per heavy atom. The fourth-order valence-corrected chi connectivity index (χ4v) is 8.77. The van der Waals surface area contributed by atoms with E-state index in [4.69, 9.17) is 9.47 Å². The molecule has 1 aliphatic heterocycles. The molecule has 0 saturated heterocycles. The van der Waals surface area contributed by atoms with Gasteiger partial charge in [-0.05, 0) is 153 Å². The van der Waals surface area contributed by atoms with Gasteiger partial charge in [0.15, 0.2) is 0 Å². The summed E-state index contributed by atoms with van der Waals surface area (Å²) in [5, 5.41) is 0. The van der Waals surface area contributed by atoms with Gasteiger partial charge in [0.25, 0.3) is 0 Å². The van der Waals surface area contributed by atoms with Gasteiger partial charge in [0.05, 0.1) is 14.2 Å². The molecule has 1 heterocycles. The summed E-state index contributed by atoms with van der Waals surface area (Å²) in [7, 11) is 3.45. The third-order valence-electron chi connectivity index (χ3n) is 12.0. The summed E-state index contributed by atoms with van der Waals surface area (Å²) in [5.41, 5.74) is 19.9. The number of ether oxygens (including phenoxy) is 2. The van der Waals surface area contributed by atoms with E-state index in [-0.39, 0.29) is 0 Å². The van der Waals surface area contributed by atoms with E-state index in [0.29, 0.717) is 0 Å². The standard InChI is InChI=1S/C58H46N2O2/c1-40-36-54(61-2)31-34-57(40)59(50-24-18-44(19-25-50)41-10-6-4-7-11-41)51-26-22-46(23-27-51)43-14-16-47(17-15-43)56-33-30-53-38-48(56)37-49-39-55(62-3)32-35-58(49)60(53)52-28-20-45(21-29-52)42-12-8-5-9-13-42/h4-36,38-39H,37H2,1-3H3. The Morgan fingerprint density at radius 2 is 0.871 bits per heavy atom. The van der Waals surface area contributed by atoms with Crippen molar-refractivity contribution in [3.63, 3.8) is 0 Å². The van der Waals surface area contributed by atoms with Crippen molar-refractivity contribution in [3.8, 4) is 56.0 Å². The first-order valence-corrected chi connectivity index (χ1v) is 21.1. The van der Waals surface area contributed by atoms with Crippen LogP contribution in [0, 0.1) is 6.92 Å². The molecule has 0 aliphatic carbocycles. The molecule has 4 nitrogen and oxygen atoms in total. The molecule has 2 bridgehead atoms. The van der Waals surface area contributed by atoms with E-state index < -0.39 is 0 Å².